The van der Waals surface area contributed by atoms with Crippen LogP contribution in [0, 0.1) is 0 Å². The van der Waals surface area contributed by atoms with Gasteiger partial charge in [-0.05, 0) is 61.2 Å². The maximum atomic E-state index is 13.2. The van der Waals surface area contributed by atoms with Crippen LogP contribution < -0.4 is 9.80 Å². The highest BCUT2D eigenvalue weighted by Crippen LogP contribution is 2.31. The van der Waals surface area contributed by atoms with Gasteiger partial charge >= 0.3 is 0 Å². The fourth-order valence-electron chi connectivity index (χ4n) is 3.73. The first-order valence-electron chi connectivity index (χ1n) is 9.11. The summed E-state index contributed by atoms with van der Waals surface area (Å²) in [6.07, 6.45) is 3.22. The molecule has 1 saturated heterocycles. The molecule has 2 heterocycles. The molecule has 0 aromatic heterocycles. The molecular weight excluding hydrogens is 364 g/mol. The molecule has 2 aliphatic rings. The van der Waals surface area contributed by atoms with E-state index < -0.39 is 0 Å². The maximum Gasteiger partial charge on any atom is 0.258 e. The van der Waals surface area contributed by atoms with Gasteiger partial charge in [-0.1, -0.05) is 17.7 Å². The van der Waals surface area contributed by atoms with Gasteiger partial charge in [0, 0.05) is 35.7 Å². The Bertz CT molecular complexity index is 925. The highest BCUT2D eigenvalue weighted by atomic mass is 35.5. The molecule has 0 spiro atoms. The molecule has 3 amide bonds. The van der Waals surface area contributed by atoms with Crippen molar-refractivity contribution >= 4 is 40.7 Å². The predicted octanol–water partition coefficient (Wildman–Crippen LogP) is 3.98. The second kappa shape index (κ2) is 7.16. The molecule has 4 rings (SSSR count). The lowest BCUT2D eigenvalue weighted by atomic mass is 10.1. The van der Waals surface area contributed by atoms with Gasteiger partial charge in [0.1, 0.15) is 0 Å². The van der Waals surface area contributed by atoms with Crippen molar-refractivity contribution in [3.8, 4) is 0 Å². The molecule has 0 N–H and O–H groups in total. The molecule has 2 aromatic rings. The van der Waals surface area contributed by atoms with Crippen LogP contribution >= 0.6 is 11.6 Å². The van der Waals surface area contributed by atoms with Crippen LogP contribution in [-0.4, -0.2) is 24.3 Å². The lowest BCUT2D eigenvalue weighted by molar-refractivity contribution is -0.121. The van der Waals surface area contributed by atoms with Crippen molar-refractivity contribution in [1.82, 2.24) is 0 Å². The first-order valence-corrected chi connectivity index (χ1v) is 9.48. The highest BCUT2D eigenvalue weighted by Gasteiger charge is 2.31. The Morgan fingerprint density at radius 3 is 2.48 bits per heavy atom. The van der Waals surface area contributed by atoms with Crippen LogP contribution in [0.4, 0.5) is 11.4 Å². The van der Waals surface area contributed by atoms with Crippen LogP contribution in [0.15, 0.2) is 42.5 Å². The number of imide groups is 1. The standard InChI is InChI=1S/C21H19ClN2O3/c22-16-7-8-18-14(12-16)4-1-2-11-23(18)21(27)15-5-3-6-17(13-15)24-19(25)9-10-20(24)26/h3,5-8,12-13H,1-2,4,9-11H2. The van der Waals surface area contributed by atoms with E-state index in [4.69, 9.17) is 11.6 Å². The summed E-state index contributed by atoms with van der Waals surface area (Å²) in [5.74, 6) is -0.583. The zero-order valence-electron chi connectivity index (χ0n) is 14.8. The lowest BCUT2D eigenvalue weighted by Gasteiger charge is -2.24. The molecule has 0 aliphatic carbocycles. The molecule has 5 nitrogen and oxygen atoms in total. The number of carbonyl (C=O) groups is 3. The minimum absolute atomic E-state index is 0.138. The Kier molecular flexibility index (Phi) is 4.70. The maximum absolute atomic E-state index is 13.2. The van der Waals surface area contributed by atoms with E-state index in [1.165, 1.54) is 4.90 Å². The van der Waals surface area contributed by atoms with Crippen molar-refractivity contribution in [3.63, 3.8) is 0 Å². The summed E-state index contributed by atoms with van der Waals surface area (Å²) in [6, 6.07) is 12.3. The van der Waals surface area contributed by atoms with E-state index >= 15 is 0 Å². The zero-order valence-corrected chi connectivity index (χ0v) is 15.5. The Hall–Kier alpha value is -2.66. The van der Waals surface area contributed by atoms with Gasteiger partial charge in [-0.15, -0.1) is 0 Å². The van der Waals surface area contributed by atoms with Gasteiger partial charge < -0.3 is 4.90 Å². The Labute approximate surface area is 162 Å². The predicted molar refractivity (Wildman–Crippen MR) is 104 cm³/mol. The molecule has 2 aromatic carbocycles. The Balaban J connectivity index is 1.68. The Morgan fingerprint density at radius 2 is 1.70 bits per heavy atom. The number of benzene rings is 2. The third-order valence-electron chi connectivity index (χ3n) is 5.06. The van der Waals surface area contributed by atoms with Gasteiger partial charge in [-0.25, -0.2) is 0 Å². The molecule has 0 atom stereocenters. The van der Waals surface area contributed by atoms with Crippen molar-refractivity contribution in [3.05, 3.63) is 58.6 Å². The number of nitrogens with zero attached hydrogens (tertiary/aromatic N) is 2. The van der Waals surface area contributed by atoms with Gasteiger partial charge in [0.15, 0.2) is 0 Å². The molecule has 138 valence electrons. The summed E-state index contributed by atoms with van der Waals surface area (Å²) in [5.41, 5.74) is 2.86. The summed E-state index contributed by atoms with van der Waals surface area (Å²) in [4.78, 5) is 40.2. The van der Waals surface area contributed by atoms with Crippen molar-refractivity contribution in [2.45, 2.75) is 32.1 Å². The topological polar surface area (TPSA) is 57.7 Å². The number of hydrogen-bond donors (Lipinski definition) is 0. The number of aryl methyl sites for hydroxylation is 1. The second-order valence-corrected chi connectivity index (χ2v) is 7.30. The molecule has 6 heteroatoms. The number of anilines is 2. The second-order valence-electron chi connectivity index (χ2n) is 6.86. The largest absolute Gasteiger partial charge is 0.308 e. The molecule has 0 radical (unpaired) electrons. The number of halogens is 1. The molecule has 0 bridgehead atoms. The molecule has 1 fully saturated rings. The van der Waals surface area contributed by atoms with E-state index in [1.807, 2.05) is 12.1 Å². The summed E-state index contributed by atoms with van der Waals surface area (Å²) in [5, 5.41) is 0.663. The van der Waals surface area contributed by atoms with Gasteiger partial charge in [-0.2, -0.15) is 0 Å². The molecule has 0 saturated carbocycles. The molecular formula is C21H19ClN2O3. The van der Waals surface area contributed by atoms with E-state index in [9.17, 15) is 14.4 Å². The van der Waals surface area contributed by atoms with Gasteiger partial charge in [0.25, 0.3) is 5.91 Å². The van der Waals surface area contributed by atoms with Crippen molar-refractivity contribution in [2.75, 3.05) is 16.3 Å². The van der Waals surface area contributed by atoms with E-state index in [0.717, 1.165) is 30.5 Å². The monoisotopic (exact) mass is 382 g/mol. The third kappa shape index (κ3) is 3.35. The van der Waals surface area contributed by atoms with Crippen LogP contribution in [0.25, 0.3) is 0 Å². The van der Waals surface area contributed by atoms with Gasteiger partial charge in [-0.3, -0.25) is 19.3 Å². The van der Waals surface area contributed by atoms with Crippen LogP contribution in [0.1, 0.15) is 41.6 Å². The van der Waals surface area contributed by atoms with Crippen LogP contribution in [0.3, 0.4) is 0 Å². The van der Waals surface area contributed by atoms with Crippen LogP contribution in [-0.2, 0) is 16.0 Å². The van der Waals surface area contributed by atoms with E-state index in [-0.39, 0.29) is 30.6 Å². The zero-order chi connectivity index (χ0) is 19.0. The SMILES string of the molecule is O=C(c1cccc(N2C(=O)CCC2=O)c1)N1CCCCc2cc(Cl)ccc21. The van der Waals surface area contributed by atoms with Crippen molar-refractivity contribution < 1.29 is 14.4 Å². The number of hydrogen-bond acceptors (Lipinski definition) is 3. The van der Waals surface area contributed by atoms with Crippen molar-refractivity contribution in [1.29, 1.82) is 0 Å². The van der Waals surface area contributed by atoms with Gasteiger partial charge in [0.2, 0.25) is 11.8 Å². The van der Waals surface area contributed by atoms with Crippen molar-refractivity contribution in [2.24, 2.45) is 0 Å². The summed E-state index contributed by atoms with van der Waals surface area (Å²) in [6.45, 7) is 0.624. The third-order valence-corrected chi connectivity index (χ3v) is 5.29. The average molecular weight is 383 g/mol. The fraction of sp³-hybridized carbons (Fsp3) is 0.286. The Morgan fingerprint density at radius 1 is 0.926 bits per heavy atom. The van der Waals surface area contributed by atoms with Crippen LogP contribution in [0.2, 0.25) is 5.02 Å². The van der Waals surface area contributed by atoms with E-state index in [1.54, 1.807) is 35.2 Å². The first kappa shape index (κ1) is 17.7. The smallest absolute Gasteiger partial charge is 0.258 e. The molecule has 2 aliphatic heterocycles. The molecule has 0 unspecified atom stereocenters. The highest BCUT2D eigenvalue weighted by molar-refractivity contribution is 6.30. The lowest BCUT2D eigenvalue weighted by Crippen LogP contribution is -2.32. The quantitative estimate of drug-likeness (QED) is 0.738. The minimum atomic E-state index is -0.223. The fourth-order valence-corrected chi connectivity index (χ4v) is 3.93. The number of carbonyl (C=O) groups excluding carboxylic acids is 3. The summed E-state index contributed by atoms with van der Waals surface area (Å²) in [7, 11) is 0. The van der Waals surface area contributed by atoms with E-state index in [2.05, 4.69) is 0 Å². The van der Waals surface area contributed by atoms with E-state index in [0.29, 0.717) is 22.8 Å². The normalized spacial score (nSPS) is 17.1. The average Bonchev–Trinajstić information content (AvgIpc) is 2.88. The van der Waals surface area contributed by atoms with Gasteiger partial charge in [0.05, 0.1) is 5.69 Å². The molecule has 27 heavy (non-hydrogen) atoms. The first-order chi connectivity index (χ1) is 13.0. The number of amides is 3. The minimum Gasteiger partial charge on any atom is -0.308 e. The van der Waals surface area contributed by atoms with Crippen LogP contribution in [0.5, 0.6) is 0 Å². The summed E-state index contributed by atoms with van der Waals surface area (Å²) >= 11 is 6.12. The number of rotatable bonds is 2. The summed E-state index contributed by atoms with van der Waals surface area (Å²) < 4.78 is 0. The number of fused-ring (bicyclic) bond motifs is 1.